The van der Waals surface area contributed by atoms with Crippen molar-refractivity contribution >= 4 is 23.1 Å². The van der Waals surface area contributed by atoms with E-state index < -0.39 is 21.2 Å². The Morgan fingerprint density at radius 1 is 1.28 bits per heavy atom. The summed E-state index contributed by atoms with van der Waals surface area (Å²) in [7, 11) is 0. The summed E-state index contributed by atoms with van der Waals surface area (Å²) < 4.78 is 4.90. The Balaban J connectivity index is 2.75. The predicted molar refractivity (Wildman–Crippen MR) is 88.5 cm³/mol. The third-order valence-corrected chi connectivity index (χ3v) is 3.28. The maximum Gasteiger partial charge on any atom is 0.321 e. The standard InChI is InChI=1S/C15H19N3O7/c1-4-24-15(19)10(2)5-6-11(3)16-25-14-8-7-12(17(20)21)9-13(14)18(22)23/h7-10H,4-6H2,1-3H3/b16-11+. The molecule has 0 spiro atoms. The smallest absolute Gasteiger partial charge is 0.321 e. The molecule has 0 N–H and O–H groups in total. The Bertz CT molecular complexity index is 688. The van der Waals surface area contributed by atoms with Gasteiger partial charge in [0.2, 0.25) is 5.75 Å². The molecule has 1 unspecified atom stereocenters. The first-order valence-corrected chi connectivity index (χ1v) is 7.56. The Morgan fingerprint density at radius 2 is 1.96 bits per heavy atom. The Labute approximate surface area is 143 Å². The van der Waals surface area contributed by atoms with Crippen LogP contribution in [-0.2, 0) is 9.53 Å². The number of carbonyl (C=O) groups excluding carboxylic acids is 1. The SMILES string of the molecule is CCOC(=O)C(C)CC/C(C)=N/Oc1ccc([N+](=O)[O-])cc1[N+](=O)[O-]. The first-order chi connectivity index (χ1) is 11.8. The summed E-state index contributed by atoms with van der Waals surface area (Å²) in [6.45, 7) is 5.41. The van der Waals surface area contributed by atoms with Gasteiger partial charge in [-0.2, -0.15) is 0 Å². The largest absolute Gasteiger partial charge is 0.466 e. The minimum Gasteiger partial charge on any atom is -0.466 e. The second-order valence-corrected chi connectivity index (χ2v) is 5.28. The molecule has 0 radical (unpaired) electrons. The molecule has 0 bridgehead atoms. The van der Waals surface area contributed by atoms with Gasteiger partial charge in [-0.1, -0.05) is 12.1 Å². The highest BCUT2D eigenvalue weighted by molar-refractivity contribution is 5.82. The lowest BCUT2D eigenvalue weighted by molar-refractivity contribution is -0.394. The van der Waals surface area contributed by atoms with Crippen LogP contribution in [0.2, 0.25) is 0 Å². The monoisotopic (exact) mass is 353 g/mol. The van der Waals surface area contributed by atoms with Gasteiger partial charge in [0.05, 0.1) is 34.1 Å². The van der Waals surface area contributed by atoms with Gasteiger partial charge in [-0.15, -0.1) is 0 Å². The van der Waals surface area contributed by atoms with Gasteiger partial charge in [0.15, 0.2) is 0 Å². The zero-order chi connectivity index (χ0) is 19.0. The molecule has 10 heteroatoms. The molecule has 25 heavy (non-hydrogen) atoms. The first-order valence-electron chi connectivity index (χ1n) is 7.56. The zero-order valence-corrected chi connectivity index (χ0v) is 14.1. The Hall–Kier alpha value is -3.04. The van der Waals surface area contributed by atoms with E-state index >= 15 is 0 Å². The van der Waals surface area contributed by atoms with E-state index in [1.165, 1.54) is 0 Å². The van der Waals surface area contributed by atoms with E-state index in [9.17, 15) is 25.0 Å². The Kier molecular flexibility index (Phi) is 7.44. The van der Waals surface area contributed by atoms with Gasteiger partial charge in [0, 0.05) is 6.07 Å². The normalized spacial score (nSPS) is 12.4. The molecule has 0 aliphatic rings. The van der Waals surface area contributed by atoms with Gasteiger partial charge in [-0.05, 0) is 32.8 Å². The number of esters is 1. The number of ether oxygens (including phenoxy) is 1. The number of nitrogens with zero attached hydrogens (tertiary/aromatic N) is 3. The van der Waals surface area contributed by atoms with E-state index in [0.29, 0.717) is 25.2 Å². The van der Waals surface area contributed by atoms with Gasteiger partial charge in [0.1, 0.15) is 0 Å². The van der Waals surface area contributed by atoms with Crippen molar-refractivity contribution in [3.8, 4) is 5.75 Å². The Morgan fingerprint density at radius 3 is 2.52 bits per heavy atom. The minimum atomic E-state index is -0.782. The molecule has 1 aromatic rings. The van der Waals surface area contributed by atoms with Crippen LogP contribution in [0.5, 0.6) is 5.75 Å². The number of nitro benzene ring substituents is 2. The van der Waals surface area contributed by atoms with Crippen LogP contribution in [0.4, 0.5) is 11.4 Å². The predicted octanol–water partition coefficient (Wildman–Crippen LogP) is 3.24. The maximum absolute atomic E-state index is 11.5. The van der Waals surface area contributed by atoms with Gasteiger partial charge in [-0.25, -0.2) is 0 Å². The van der Waals surface area contributed by atoms with Crippen LogP contribution >= 0.6 is 0 Å². The zero-order valence-electron chi connectivity index (χ0n) is 14.1. The summed E-state index contributed by atoms with van der Waals surface area (Å²) in [5.41, 5.74) is -0.447. The number of oxime groups is 1. The van der Waals surface area contributed by atoms with Crippen LogP contribution < -0.4 is 4.84 Å². The van der Waals surface area contributed by atoms with Gasteiger partial charge in [0.25, 0.3) is 5.69 Å². The second kappa shape index (κ2) is 9.30. The molecule has 0 aromatic heterocycles. The molecule has 136 valence electrons. The van der Waals surface area contributed by atoms with Crippen molar-refractivity contribution in [3.63, 3.8) is 0 Å². The molecule has 1 atom stereocenters. The summed E-state index contributed by atoms with van der Waals surface area (Å²) >= 11 is 0. The topological polar surface area (TPSA) is 134 Å². The highest BCUT2D eigenvalue weighted by atomic mass is 16.7. The van der Waals surface area contributed by atoms with E-state index in [1.807, 2.05) is 0 Å². The molecular formula is C15H19N3O7. The van der Waals surface area contributed by atoms with Crippen molar-refractivity contribution in [3.05, 3.63) is 38.4 Å². The number of benzene rings is 1. The fourth-order valence-corrected chi connectivity index (χ4v) is 1.84. The summed E-state index contributed by atoms with van der Waals surface area (Å²) in [4.78, 5) is 36.7. The lowest BCUT2D eigenvalue weighted by atomic mass is 10.0. The molecule has 0 aliphatic carbocycles. The molecular weight excluding hydrogens is 334 g/mol. The van der Waals surface area contributed by atoms with Crippen LogP contribution in [0.1, 0.15) is 33.6 Å². The van der Waals surface area contributed by atoms with Gasteiger partial charge >= 0.3 is 11.7 Å². The number of nitro groups is 2. The minimum absolute atomic E-state index is 0.201. The molecule has 0 saturated carbocycles. The van der Waals surface area contributed by atoms with Crippen LogP contribution in [0.3, 0.4) is 0 Å². The van der Waals surface area contributed by atoms with E-state index in [1.54, 1.807) is 20.8 Å². The van der Waals surface area contributed by atoms with Crippen molar-refractivity contribution in [1.82, 2.24) is 0 Å². The van der Waals surface area contributed by atoms with Crippen molar-refractivity contribution in [2.24, 2.45) is 11.1 Å². The van der Waals surface area contributed by atoms with Crippen molar-refractivity contribution in [2.75, 3.05) is 6.61 Å². The first kappa shape index (κ1) is 20.0. The van der Waals surface area contributed by atoms with Crippen LogP contribution in [-0.4, -0.2) is 28.1 Å². The van der Waals surface area contributed by atoms with E-state index in [-0.39, 0.29) is 17.6 Å². The third-order valence-electron chi connectivity index (χ3n) is 3.28. The van der Waals surface area contributed by atoms with Gasteiger partial charge < -0.3 is 9.57 Å². The van der Waals surface area contributed by atoms with E-state index in [0.717, 1.165) is 18.2 Å². The fraction of sp³-hybridized carbons (Fsp3) is 0.467. The lowest BCUT2D eigenvalue weighted by Gasteiger charge is -2.09. The molecule has 0 amide bonds. The second-order valence-electron chi connectivity index (χ2n) is 5.28. The van der Waals surface area contributed by atoms with Gasteiger partial charge in [-0.3, -0.25) is 25.0 Å². The van der Waals surface area contributed by atoms with Crippen LogP contribution in [0.15, 0.2) is 23.4 Å². The summed E-state index contributed by atoms with van der Waals surface area (Å²) in [6, 6.07) is 3.02. The molecule has 1 rings (SSSR count). The van der Waals surface area contributed by atoms with Crippen LogP contribution in [0.25, 0.3) is 0 Å². The quantitative estimate of drug-likeness (QED) is 0.288. The third kappa shape index (κ3) is 6.16. The summed E-state index contributed by atoms with van der Waals surface area (Å²) in [6.07, 6.45) is 0.917. The maximum atomic E-state index is 11.5. The van der Waals surface area contributed by atoms with Crippen molar-refractivity contribution in [1.29, 1.82) is 0 Å². The van der Waals surface area contributed by atoms with E-state index in [4.69, 9.17) is 9.57 Å². The van der Waals surface area contributed by atoms with E-state index in [2.05, 4.69) is 5.16 Å². The summed E-state index contributed by atoms with van der Waals surface area (Å²) in [5.74, 6) is -0.811. The fourth-order valence-electron chi connectivity index (χ4n) is 1.84. The van der Waals surface area contributed by atoms with Crippen molar-refractivity contribution in [2.45, 2.75) is 33.6 Å². The number of hydrogen-bond acceptors (Lipinski definition) is 8. The number of rotatable bonds is 9. The molecule has 1 aromatic carbocycles. The molecule has 10 nitrogen and oxygen atoms in total. The van der Waals surface area contributed by atoms with Crippen molar-refractivity contribution < 1.29 is 24.2 Å². The molecule has 0 saturated heterocycles. The average molecular weight is 353 g/mol. The number of hydrogen-bond donors (Lipinski definition) is 0. The highest BCUT2D eigenvalue weighted by Crippen LogP contribution is 2.31. The lowest BCUT2D eigenvalue weighted by Crippen LogP contribution is -2.15. The number of non-ortho nitro benzene ring substituents is 1. The molecule has 0 fully saturated rings. The summed E-state index contributed by atoms with van der Waals surface area (Å²) in [5, 5.41) is 25.5. The highest BCUT2D eigenvalue weighted by Gasteiger charge is 2.21. The number of carbonyl (C=O) groups is 1. The molecule has 0 heterocycles. The average Bonchev–Trinajstić information content (AvgIpc) is 2.57. The van der Waals surface area contributed by atoms with Crippen LogP contribution in [0, 0.1) is 26.1 Å². The molecule has 0 aliphatic heterocycles.